The number of hydrogen-bond acceptors (Lipinski definition) is 3. The average molecular weight is 226 g/mol. The van der Waals surface area contributed by atoms with E-state index in [1.807, 2.05) is 27.7 Å². The molecule has 5 heteroatoms. The minimum Gasteiger partial charge on any atom is -0.398 e. The molecule has 3 nitrogen and oxygen atoms in total. The molecule has 0 saturated carbocycles. The van der Waals surface area contributed by atoms with Crippen LogP contribution in [-0.4, -0.2) is 23.3 Å². The number of rotatable bonds is 1. The fourth-order valence-electron chi connectivity index (χ4n) is 1.35. The first-order valence-electron chi connectivity index (χ1n) is 6.55. The zero-order chi connectivity index (χ0) is 14.6. The highest BCUT2D eigenvalue weighted by Crippen LogP contribution is 2.36. The normalized spacial score (nSPS) is 25.1. The molecule has 0 atom stereocenters. The van der Waals surface area contributed by atoms with Crippen molar-refractivity contribution < 1.29 is 17.8 Å². The van der Waals surface area contributed by atoms with Crippen molar-refractivity contribution in [3.8, 4) is 0 Å². The predicted octanol–water partition coefficient (Wildman–Crippen LogP) is 1.52. The van der Waals surface area contributed by atoms with Crippen molar-refractivity contribution in [2.75, 3.05) is 0 Å². The summed E-state index contributed by atoms with van der Waals surface area (Å²) in [6, 6.07) is -1.07. The van der Waals surface area contributed by atoms with Crippen molar-refractivity contribution in [3.05, 3.63) is 24.1 Å². The summed E-state index contributed by atoms with van der Waals surface area (Å²) >= 11 is 0. The topological polar surface area (TPSA) is 31.4 Å². The molecular weight excluding hydrogens is 208 g/mol. The van der Waals surface area contributed by atoms with E-state index in [9.17, 15) is 4.39 Å². The van der Waals surface area contributed by atoms with Crippen LogP contribution in [0.4, 0.5) is 4.39 Å². The van der Waals surface area contributed by atoms with Gasteiger partial charge in [-0.15, -0.1) is 0 Å². The van der Waals surface area contributed by atoms with Gasteiger partial charge in [0.2, 0.25) is 0 Å². The summed E-state index contributed by atoms with van der Waals surface area (Å²) in [6.45, 7) is 7.35. The van der Waals surface area contributed by atoms with Crippen LogP contribution < -0.4 is 5.59 Å². The maximum Gasteiger partial charge on any atom is 0.514 e. The second-order valence-corrected chi connectivity index (χ2v) is 4.76. The van der Waals surface area contributed by atoms with Crippen LogP contribution in [0.5, 0.6) is 0 Å². The molecule has 0 N–H and O–H groups in total. The molecular formula is C11H15BFNO2. The van der Waals surface area contributed by atoms with E-state index < -0.39 is 42.4 Å². The van der Waals surface area contributed by atoms with E-state index in [0.29, 0.717) is 0 Å². The highest BCUT2D eigenvalue weighted by atomic mass is 19.1. The van der Waals surface area contributed by atoms with Crippen LogP contribution in [0.1, 0.15) is 31.8 Å². The van der Waals surface area contributed by atoms with Gasteiger partial charge in [0.1, 0.15) is 5.82 Å². The van der Waals surface area contributed by atoms with Gasteiger partial charge >= 0.3 is 7.12 Å². The number of hydrogen-bond donors (Lipinski definition) is 0. The molecule has 86 valence electrons. The lowest BCUT2D eigenvalue weighted by molar-refractivity contribution is 0.00578. The number of pyridine rings is 1. The summed E-state index contributed by atoms with van der Waals surface area (Å²) in [4.78, 5) is 3.68. The van der Waals surface area contributed by atoms with Crippen LogP contribution in [0.25, 0.3) is 0 Å². The summed E-state index contributed by atoms with van der Waals surface area (Å²) in [5.41, 5.74) is -1.27. The number of nitrogens with zero attached hydrogens (tertiary/aromatic N) is 1. The summed E-state index contributed by atoms with van der Waals surface area (Å²) in [5.74, 6) is -1.11. The van der Waals surface area contributed by atoms with Gasteiger partial charge < -0.3 is 9.31 Å². The third kappa shape index (κ3) is 1.85. The minimum absolute atomic E-state index is 0.0324. The summed E-state index contributed by atoms with van der Waals surface area (Å²) in [5, 5.41) is 0. The molecule has 2 heterocycles. The fraction of sp³-hybridized carbons (Fsp3) is 0.545. The summed E-state index contributed by atoms with van der Waals surface area (Å²) in [6.07, 6.45) is -0.675. The Kier molecular flexibility index (Phi) is 1.81. The maximum atomic E-state index is 13.3. The Morgan fingerprint density at radius 3 is 2.38 bits per heavy atom. The first-order chi connectivity index (χ1) is 8.57. The molecule has 1 aliphatic rings. The molecule has 0 unspecified atom stereocenters. The Morgan fingerprint density at radius 2 is 1.81 bits per heavy atom. The fourth-order valence-corrected chi connectivity index (χ4v) is 1.35. The first kappa shape index (κ1) is 8.20. The van der Waals surface area contributed by atoms with E-state index >= 15 is 0 Å². The zero-order valence-corrected chi connectivity index (χ0v) is 9.72. The Labute approximate surface area is 99.3 Å². The zero-order valence-electron chi connectivity index (χ0n) is 12.7. The van der Waals surface area contributed by atoms with E-state index in [-0.39, 0.29) is 5.59 Å². The van der Waals surface area contributed by atoms with Gasteiger partial charge in [-0.25, -0.2) is 4.39 Å². The van der Waals surface area contributed by atoms with E-state index in [2.05, 4.69) is 4.98 Å². The lowest BCUT2D eigenvalue weighted by Crippen LogP contribution is -2.41. The molecule has 1 aromatic heterocycles. The van der Waals surface area contributed by atoms with Crippen LogP contribution in [0.2, 0.25) is 0 Å². The molecule has 0 bridgehead atoms. The number of halogens is 1. The Balaban J connectivity index is 2.46. The van der Waals surface area contributed by atoms with Crippen molar-refractivity contribution in [2.45, 2.75) is 38.9 Å². The van der Waals surface area contributed by atoms with Crippen molar-refractivity contribution in [3.63, 3.8) is 0 Å². The van der Waals surface area contributed by atoms with Gasteiger partial charge in [0.05, 0.1) is 27.1 Å². The molecule has 0 amide bonds. The quantitative estimate of drug-likeness (QED) is 0.680. The van der Waals surface area contributed by atoms with E-state index in [0.717, 1.165) is 0 Å². The van der Waals surface area contributed by atoms with Crippen LogP contribution in [0.3, 0.4) is 0 Å². The highest BCUT2D eigenvalue weighted by Gasteiger charge is 2.52. The highest BCUT2D eigenvalue weighted by molar-refractivity contribution is 6.61. The van der Waals surface area contributed by atoms with E-state index in [1.54, 1.807) is 0 Å². The summed E-state index contributed by atoms with van der Waals surface area (Å²) in [7, 11) is -0.966. The Hall–Kier alpha value is -0.935. The third-order valence-electron chi connectivity index (χ3n) is 3.05. The molecule has 1 fully saturated rings. The standard InChI is InChI=1S/C11H15BFNO2/c1-10(2)11(3,4)16-12(15-10)9-6-5-8(13)7-14-9/h5-7H,1-4H3/i5D,6D,7D. The molecule has 0 radical (unpaired) electrons. The van der Waals surface area contributed by atoms with Crippen molar-refractivity contribution in [1.29, 1.82) is 0 Å². The van der Waals surface area contributed by atoms with Gasteiger partial charge in [0.25, 0.3) is 0 Å². The second kappa shape index (κ2) is 3.53. The molecule has 1 saturated heterocycles. The van der Waals surface area contributed by atoms with Gasteiger partial charge in [-0.05, 0) is 39.8 Å². The smallest absolute Gasteiger partial charge is 0.398 e. The van der Waals surface area contributed by atoms with Crippen molar-refractivity contribution in [1.82, 2.24) is 4.98 Å². The van der Waals surface area contributed by atoms with Crippen LogP contribution >= 0.6 is 0 Å². The van der Waals surface area contributed by atoms with Crippen LogP contribution in [-0.2, 0) is 9.31 Å². The largest absolute Gasteiger partial charge is 0.514 e. The number of aromatic nitrogens is 1. The molecule has 1 aliphatic heterocycles. The van der Waals surface area contributed by atoms with Gasteiger partial charge in [0, 0.05) is 0 Å². The Morgan fingerprint density at radius 1 is 1.25 bits per heavy atom. The van der Waals surface area contributed by atoms with Crippen molar-refractivity contribution >= 4 is 12.7 Å². The Bertz CT molecular complexity index is 523. The predicted molar refractivity (Wildman–Crippen MR) is 59.9 cm³/mol. The lowest BCUT2D eigenvalue weighted by Gasteiger charge is -2.32. The van der Waals surface area contributed by atoms with Crippen LogP contribution in [0.15, 0.2) is 18.3 Å². The monoisotopic (exact) mass is 226 g/mol. The first-order valence-corrected chi connectivity index (χ1v) is 5.05. The molecule has 0 spiro atoms. The van der Waals surface area contributed by atoms with Crippen molar-refractivity contribution in [2.24, 2.45) is 0 Å². The SMILES string of the molecule is [2H]c1nc(B2OC(C)(C)C(C)(C)O2)c([2H])c([2H])c1F. The molecule has 0 aliphatic carbocycles. The van der Waals surface area contributed by atoms with E-state index in [1.165, 1.54) is 0 Å². The summed E-state index contributed by atoms with van der Waals surface area (Å²) < 4.78 is 47.2. The lowest BCUT2D eigenvalue weighted by atomic mass is 9.84. The molecule has 2 rings (SSSR count). The van der Waals surface area contributed by atoms with Gasteiger partial charge in [-0.3, -0.25) is 4.98 Å². The van der Waals surface area contributed by atoms with Gasteiger partial charge in [0.15, 0.2) is 0 Å². The molecule has 0 aromatic carbocycles. The van der Waals surface area contributed by atoms with Gasteiger partial charge in [-0.1, -0.05) is 0 Å². The third-order valence-corrected chi connectivity index (χ3v) is 3.05. The molecule has 1 aromatic rings. The molecule has 16 heavy (non-hydrogen) atoms. The average Bonchev–Trinajstić information content (AvgIpc) is 2.50. The maximum absolute atomic E-state index is 13.3. The van der Waals surface area contributed by atoms with Gasteiger partial charge in [-0.2, -0.15) is 0 Å². The van der Waals surface area contributed by atoms with Crippen LogP contribution in [0, 0.1) is 5.82 Å². The second-order valence-electron chi connectivity index (χ2n) is 4.76. The van der Waals surface area contributed by atoms with E-state index in [4.69, 9.17) is 13.4 Å². The minimum atomic E-state index is -1.11.